The molecule has 0 spiro atoms. The zero-order chi connectivity index (χ0) is 9.80. The Bertz CT molecular complexity index is 309. The molecule has 0 radical (unpaired) electrons. The minimum Gasteiger partial charge on any atom is -0.385 e. The van der Waals surface area contributed by atoms with Gasteiger partial charge in [0.25, 0.3) is 0 Å². The first-order valence-electron chi connectivity index (χ1n) is 5.33. The summed E-state index contributed by atoms with van der Waals surface area (Å²) < 4.78 is 5.38. The summed E-state index contributed by atoms with van der Waals surface area (Å²) in [5.41, 5.74) is 4.00. The van der Waals surface area contributed by atoms with Gasteiger partial charge in [-0.05, 0) is 37.0 Å². The Hall–Kier alpha value is -1.02. The van der Waals surface area contributed by atoms with Gasteiger partial charge in [-0.3, -0.25) is 0 Å². The van der Waals surface area contributed by atoms with Crippen molar-refractivity contribution in [1.29, 1.82) is 0 Å². The third-order valence-corrected chi connectivity index (χ3v) is 2.59. The first-order valence-corrected chi connectivity index (χ1v) is 5.33. The van der Waals surface area contributed by atoms with Crippen molar-refractivity contribution in [3.05, 3.63) is 29.3 Å². The van der Waals surface area contributed by atoms with Crippen LogP contribution in [0.4, 0.5) is 5.69 Å². The Morgan fingerprint density at radius 1 is 1.43 bits per heavy atom. The molecule has 1 aromatic rings. The van der Waals surface area contributed by atoms with E-state index in [-0.39, 0.29) is 0 Å². The molecule has 0 unspecified atom stereocenters. The SMILES string of the molecule is CCOCc1ccc2c(c1)NCCC2. The fraction of sp³-hybridized carbons (Fsp3) is 0.500. The lowest BCUT2D eigenvalue weighted by Gasteiger charge is -2.18. The zero-order valence-electron chi connectivity index (χ0n) is 8.68. The van der Waals surface area contributed by atoms with Crippen molar-refractivity contribution in [2.75, 3.05) is 18.5 Å². The van der Waals surface area contributed by atoms with Gasteiger partial charge in [0.2, 0.25) is 0 Å². The molecule has 76 valence electrons. The van der Waals surface area contributed by atoms with Crippen molar-refractivity contribution >= 4 is 5.69 Å². The van der Waals surface area contributed by atoms with Crippen molar-refractivity contribution in [1.82, 2.24) is 0 Å². The molecule has 2 heteroatoms. The molecule has 2 nitrogen and oxygen atoms in total. The van der Waals surface area contributed by atoms with E-state index in [9.17, 15) is 0 Å². The predicted octanol–water partition coefficient (Wildman–Crippen LogP) is 2.58. The third kappa shape index (κ3) is 2.07. The second kappa shape index (κ2) is 4.47. The molecule has 0 bridgehead atoms. The van der Waals surface area contributed by atoms with Gasteiger partial charge in [-0.25, -0.2) is 0 Å². The molecule has 1 heterocycles. The van der Waals surface area contributed by atoms with E-state index in [4.69, 9.17) is 4.74 Å². The molecular weight excluding hydrogens is 174 g/mol. The average molecular weight is 191 g/mol. The zero-order valence-corrected chi connectivity index (χ0v) is 8.68. The summed E-state index contributed by atoms with van der Waals surface area (Å²) in [7, 11) is 0. The van der Waals surface area contributed by atoms with Crippen molar-refractivity contribution in [2.24, 2.45) is 0 Å². The first-order chi connectivity index (χ1) is 6.90. The predicted molar refractivity (Wildman–Crippen MR) is 58.6 cm³/mol. The average Bonchev–Trinajstić information content (AvgIpc) is 2.26. The summed E-state index contributed by atoms with van der Waals surface area (Å²) in [5.74, 6) is 0. The molecule has 1 aliphatic heterocycles. The van der Waals surface area contributed by atoms with E-state index in [2.05, 4.69) is 23.5 Å². The summed E-state index contributed by atoms with van der Waals surface area (Å²) >= 11 is 0. The van der Waals surface area contributed by atoms with E-state index >= 15 is 0 Å². The van der Waals surface area contributed by atoms with Crippen molar-refractivity contribution in [2.45, 2.75) is 26.4 Å². The third-order valence-electron chi connectivity index (χ3n) is 2.59. The van der Waals surface area contributed by atoms with Crippen LogP contribution in [0.1, 0.15) is 24.5 Å². The van der Waals surface area contributed by atoms with E-state index in [0.717, 1.165) is 19.8 Å². The molecule has 1 aliphatic rings. The topological polar surface area (TPSA) is 21.3 Å². The molecule has 1 aromatic carbocycles. The highest BCUT2D eigenvalue weighted by Crippen LogP contribution is 2.23. The van der Waals surface area contributed by atoms with Crippen LogP contribution in [-0.2, 0) is 17.8 Å². The van der Waals surface area contributed by atoms with Crippen LogP contribution in [-0.4, -0.2) is 13.2 Å². The van der Waals surface area contributed by atoms with Crippen LogP contribution in [0.3, 0.4) is 0 Å². The van der Waals surface area contributed by atoms with Crippen molar-refractivity contribution in [3.8, 4) is 0 Å². The van der Waals surface area contributed by atoms with Gasteiger partial charge in [0.1, 0.15) is 0 Å². The summed E-state index contributed by atoms with van der Waals surface area (Å²) in [6, 6.07) is 6.60. The molecule has 0 aromatic heterocycles. The number of rotatable bonds is 3. The quantitative estimate of drug-likeness (QED) is 0.793. The molecule has 2 rings (SSSR count). The van der Waals surface area contributed by atoms with Crippen LogP contribution in [0.5, 0.6) is 0 Å². The van der Waals surface area contributed by atoms with E-state index in [0.29, 0.717) is 0 Å². The van der Waals surface area contributed by atoms with Crippen LogP contribution in [0.25, 0.3) is 0 Å². The number of ether oxygens (including phenoxy) is 1. The lowest BCUT2D eigenvalue weighted by molar-refractivity contribution is 0.134. The van der Waals surface area contributed by atoms with E-state index in [1.165, 1.54) is 29.7 Å². The Labute approximate surface area is 85.3 Å². The molecule has 0 amide bonds. The highest BCUT2D eigenvalue weighted by molar-refractivity contribution is 5.54. The summed E-state index contributed by atoms with van der Waals surface area (Å²) in [4.78, 5) is 0. The van der Waals surface area contributed by atoms with Gasteiger partial charge < -0.3 is 10.1 Å². The number of nitrogens with one attached hydrogen (secondary N) is 1. The van der Waals surface area contributed by atoms with Gasteiger partial charge in [0.15, 0.2) is 0 Å². The largest absolute Gasteiger partial charge is 0.385 e. The standard InChI is InChI=1S/C12H17NO/c1-2-14-9-10-5-6-11-4-3-7-13-12(11)8-10/h5-6,8,13H,2-4,7,9H2,1H3. The van der Waals surface area contributed by atoms with Gasteiger partial charge in [0.05, 0.1) is 6.61 Å². The molecule has 1 N–H and O–H groups in total. The fourth-order valence-corrected chi connectivity index (χ4v) is 1.82. The highest BCUT2D eigenvalue weighted by Gasteiger charge is 2.08. The van der Waals surface area contributed by atoms with Gasteiger partial charge in [-0.1, -0.05) is 12.1 Å². The van der Waals surface area contributed by atoms with E-state index in [1.54, 1.807) is 0 Å². The minimum atomic E-state index is 0.728. The fourth-order valence-electron chi connectivity index (χ4n) is 1.82. The summed E-state index contributed by atoms with van der Waals surface area (Å²) in [6.07, 6.45) is 2.45. The number of benzene rings is 1. The maximum atomic E-state index is 5.38. The summed E-state index contributed by atoms with van der Waals surface area (Å²) in [5, 5.41) is 3.42. The van der Waals surface area contributed by atoms with E-state index in [1.807, 2.05) is 6.92 Å². The minimum absolute atomic E-state index is 0.728. The van der Waals surface area contributed by atoms with Crippen LogP contribution >= 0.6 is 0 Å². The van der Waals surface area contributed by atoms with Crippen LogP contribution in [0.2, 0.25) is 0 Å². The number of fused-ring (bicyclic) bond motifs is 1. The maximum absolute atomic E-state index is 5.38. The van der Waals surface area contributed by atoms with Crippen LogP contribution < -0.4 is 5.32 Å². The van der Waals surface area contributed by atoms with Gasteiger partial charge in [0, 0.05) is 18.8 Å². The Morgan fingerprint density at radius 2 is 2.36 bits per heavy atom. The van der Waals surface area contributed by atoms with Gasteiger partial charge in [-0.2, -0.15) is 0 Å². The van der Waals surface area contributed by atoms with Gasteiger partial charge >= 0.3 is 0 Å². The molecule has 0 saturated heterocycles. The lowest BCUT2D eigenvalue weighted by Crippen LogP contribution is -2.11. The Morgan fingerprint density at radius 3 is 3.21 bits per heavy atom. The van der Waals surface area contributed by atoms with Crippen LogP contribution in [0, 0.1) is 0 Å². The number of hydrogen-bond donors (Lipinski definition) is 1. The smallest absolute Gasteiger partial charge is 0.0717 e. The van der Waals surface area contributed by atoms with Crippen LogP contribution in [0.15, 0.2) is 18.2 Å². The second-order valence-electron chi connectivity index (χ2n) is 3.66. The molecule has 0 fully saturated rings. The molecule has 0 atom stereocenters. The number of hydrogen-bond acceptors (Lipinski definition) is 2. The maximum Gasteiger partial charge on any atom is 0.0717 e. The highest BCUT2D eigenvalue weighted by atomic mass is 16.5. The number of aryl methyl sites for hydroxylation is 1. The molecule has 0 aliphatic carbocycles. The normalized spacial score (nSPS) is 14.6. The summed E-state index contributed by atoms with van der Waals surface area (Å²) in [6.45, 7) is 4.64. The Balaban J connectivity index is 2.12. The lowest BCUT2D eigenvalue weighted by atomic mass is 10.0. The van der Waals surface area contributed by atoms with Gasteiger partial charge in [-0.15, -0.1) is 0 Å². The Kier molecular flexibility index (Phi) is 3.04. The molecule has 0 saturated carbocycles. The first kappa shape index (κ1) is 9.53. The molecular formula is C12H17NO. The van der Waals surface area contributed by atoms with Crippen molar-refractivity contribution in [3.63, 3.8) is 0 Å². The molecule has 14 heavy (non-hydrogen) atoms. The van der Waals surface area contributed by atoms with Crippen molar-refractivity contribution < 1.29 is 4.74 Å². The van der Waals surface area contributed by atoms with E-state index < -0.39 is 0 Å². The second-order valence-corrected chi connectivity index (χ2v) is 3.66. The monoisotopic (exact) mass is 191 g/mol. The number of anilines is 1.